The maximum Gasteiger partial charge on any atom is 0.416 e. The first-order chi connectivity index (χ1) is 9.99. The van der Waals surface area contributed by atoms with Crippen molar-refractivity contribution in [2.24, 2.45) is 5.92 Å². The maximum atomic E-state index is 12.6. The lowest BCUT2D eigenvalue weighted by Gasteiger charge is -2.20. The smallest absolute Gasteiger partial charge is 0.416 e. The summed E-state index contributed by atoms with van der Waals surface area (Å²) in [7, 11) is -4.37. The number of carbonyl (C=O) groups is 1. The summed E-state index contributed by atoms with van der Waals surface area (Å²) in [5, 5.41) is 9.06. The highest BCUT2D eigenvalue weighted by Crippen LogP contribution is 2.30. The number of aliphatic carboxylic acids is 1. The highest BCUT2D eigenvalue weighted by molar-refractivity contribution is 7.89. The number of nitrogens with one attached hydrogen (secondary N) is 1. The Morgan fingerprint density at radius 3 is 2.41 bits per heavy atom. The number of sulfonamides is 1. The quantitative estimate of drug-likeness (QED) is 0.834. The van der Waals surface area contributed by atoms with Crippen molar-refractivity contribution in [3.8, 4) is 0 Å². The van der Waals surface area contributed by atoms with E-state index < -0.39 is 44.6 Å². The summed E-state index contributed by atoms with van der Waals surface area (Å²) in [6, 6.07) is 1.73. The van der Waals surface area contributed by atoms with Gasteiger partial charge >= 0.3 is 12.1 Å². The zero-order chi connectivity index (χ0) is 17.1. The van der Waals surface area contributed by atoms with Crippen LogP contribution in [0.5, 0.6) is 0 Å². The SMILES string of the molecule is CC[C@H](C)[C@H](NS(=O)(=O)c1cccc(C(F)(F)F)c1)C(=O)O. The molecule has 0 aliphatic rings. The first-order valence-electron chi connectivity index (χ1n) is 6.41. The second kappa shape index (κ2) is 6.66. The van der Waals surface area contributed by atoms with Crippen LogP contribution < -0.4 is 4.72 Å². The molecular formula is C13H16F3NO4S. The monoisotopic (exact) mass is 339 g/mol. The number of benzene rings is 1. The summed E-state index contributed by atoms with van der Waals surface area (Å²) in [5.41, 5.74) is -1.12. The van der Waals surface area contributed by atoms with Gasteiger partial charge in [-0.2, -0.15) is 17.9 Å². The minimum atomic E-state index is -4.69. The Morgan fingerprint density at radius 1 is 1.36 bits per heavy atom. The lowest BCUT2D eigenvalue weighted by molar-refractivity contribution is -0.140. The van der Waals surface area contributed by atoms with Crippen LogP contribution in [0.15, 0.2) is 29.2 Å². The summed E-state index contributed by atoms with van der Waals surface area (Å²) in [4.78, 5) is 10.5. The summed E-state index contributed by atoms with van der Waals surface area (Å²) in [5.74, 6) is -1.90. The van der Waals surface area contributed by atoms with Gasteiger partial charge in [0.1, 0.15) is 6.04 Å². The first kappa shape index (κ1) is 18.4. The van der Waals surface area contributed by atoms with Crippen LogP contribution in [0, 0.1) is 5.92 Å². The standard InChI is InChI=1S/C13H16F3NO4S/c1-3-8(2)11(12(18)19)17-22(20,21)10-6-4-5-9(7-10)13(14,15)16/h4-8,11,17H,3H2,1-2H3,(H,18,19)/t8-,11-/m0/s1. The molecule has 0 heterocycles. The molecule has 0 aromatic heterocycles. The zero-order valence-electron chi connectivity index (χ0n) is 11.9. The van der Waals surface area contributed by atoms with Crippen LogP contribution >= 0.6 is 0 Å². The second-order valence-electron chi connectivity index (χ2n) is 4.85. The fourth-order valence-electron chi connectivity index (χ4n) is 1.72. The number of carboxylic acids is 1. The third kappa shape index (κ3) is 4.44. The molecule has 0 fully saturated rings. The maximum absolute atomic E-state index is 12.6. The van der Waals surface area contributed by atoms with Crippen LogP contribution in [0.25, 0.3) is 0 Å². The summed E-state index contributed by atoms with van der Waals surface area (Å²) < 4.78 is 64.0. The molecule has 0 unspecified atom stereocenters. The van der Waals surface area contributed by atoms with E-state index in [9.17, 15) is 26.4 Å². The summed E-state index contributed by atoms with van der Waals surface area (Å²) in [6.45, 7) is 3.21. The number of hydrogen-bond acceptors (Lipinski definition) is 3. The Hall–Kier alpha value is -1.61. The van der Waals surface area contributed by atoms with Gasteiger partial charge in [-0.15, -0.1) is 0 Å². The van der Waals surface area contributed by atoms with E-state index in [0.717, 1.165) is 18.2 Å². The van der Waals surface area contributed by atoms with E-state index >= 15 is 0 Å². The number of halogens is 3. The molecule has 1 aromatic carbocycles. The molecule has 0 bridgehead atoms. The van der Waals surface area contributed by atoms with Crippen molar-refractivity contribution in [3.05, 3.63) is 29.8 Å². The molecule has 2 N–H and O–H groups in total. The van der Waals surface area contributed by atoms with Gasteiger partial charge in [0.25, 0.3) is 0 Å². The summed E-state index contributed by atoms with van der Waals surface area (Å²) >= 11 is 0. The molecular weight excluding hydrogens is 323 g/mol. The molecule has 0 radical (unpaired) electrons. The second-order valence-corrected chi connectivity index (χ2v) is 6.56. The van der Waals surface area contributed by atoms with Gasteiger partial charge in [0, 0.05) is 0 Å². The molecule has 0 amide bonds. The Balaban J connectivity index is 3.16. The van der Waals surface area contributed by atoms with Gasteiger partial charge in [-0.3, -0.25) is 4.79 Å². The van der Waals surface area contributed by atoms with Crippen LogP contribution in [0.2, 0.25) is 0 Å². The molecule has 1 aromatic rings. The Labute approximate surface area is 126 Å². The zero-order valence-corrected chi connectivity index (χ0v) is 12.7. The number of hydrogen-bond donors (Lipinski definition) is 2. The van der Waals surface area contributed by atoms with Crippen molar-refractivity contribution in [3.63, 3.8) is 0 Å². The van der Waals surface area contributed by atoms with Crippen LogP contribution in [0.3, 0.4) is 0 Å². The lowest BCUT2D eigenvalue weighted by Crippen LogP contribution is -2.44. The predicted molar refractivity (Wildman–Crippen MR) is 72.6 cm³/mol. The van der Waals surface area contributed by atoms with Crippen molar-refractivity contribution in [1.29, 1.82) is 0 Å². The van der Waals surface area contributed by atoms with Crippen molar-refractivity contribution >= 4 is 16.0 Å². The first-order valence-corrected chi connectivity index (χ1v) is 7.89. The highest BCUT2D eigenvalue weighted by atomic mass is 32.2. The summed E-state index contributed by atoms with van der Waals surface area (Å²) in [6.07, 6.45) is -4.30. The van der Waals surface area contributed by atoms with E-state index in [1.165, 1.54) is 6.92 Å². The molecule has 0 saturated heterocycles. The van der Waals surface area contributed by atoms with Gasteiger partial charge in [0.15, 0.2) is 0 Å². The van der Waals surface area contributed by atoms with Gasteiger partial charge in [0.2, 0.25) is 10.0 Å². The van der Waals surface area contributed by atoms with E-state index in [4.69, 9.17) is 5.11 Å². The molecule has 1 rings (SSSR count). The Kier molecular flexibility index (Phi) is 5.58. The van der Waals surface area contributed by atoms with Gasteiger partial charge in [-0.05, 0) is 24.1 Å². The van der Waals surface area contributed by atoms with Crippen LogP contribution in [-0.4, -0.2) is 25.5 Å². The van der Waals surface area contributed by atoms with Gasteiger partial charge < -0.3 is 5.11 Å². The highest BCUT2D eigenvalue weighted by Gasteiger charge is 2.33. The largest absolute Gasteiger partial charge is 0.480 e. The van der Waals surface area contributed by atoms with Crippen LogP contribution in [0.4, 0.5) is 13.2 Å². The van der Waals surface area contributed by atoms with Crippen molar-refractivity contribution < 1.29 is 31.5 Å². The van der Waals surface area contributed by atoms with E-state index in [1.807, 2.05) is 4.72 Å². The molecule has 9 heteroatoms. The van der Waals surface area contributed by atoms with Gasteiger partial charge in [-0.1, -0.05) is 26.3 Å². The number of rotatable bonds is 6. The molecule has 5 nitrogen and oxygen atoms in total. The minimum Gasteiger partial charge on any atom is -0.480 e. The third-order valence-electron chi connectivity index (χ3n) is 3.23. The Bertz CT molecular complexity index is 643. The molecule has 0 spiro atoms. The molecule has 2 atom stereocenters. The normalized spacial score (nSPS) is 15.3. The van der Waals surface area contributed by atoms with E-state index in [2.05, 4.69) is 0 Å². The number of alkyl halides is 3. The average molecular weight is 339 g/mol. The van der Waals surface area contributed by atoms with Crippen LogP contribution in [-0.2, 0) is 21.0 Å². The fourth-order valence-corrected chi connectivity index (χ4v) is 3.06. The van der Waals surface area contributed by atoms with E-state index in [-0.39, 0.29) is 0 Å². The van der Waals surface area contributed by atoms with Gasteiger partial charge in [0.05, 0.1) is 10.5 Å². The average Bonchev–Trinajstić information content (AvgIpc) is 2.43. The van der Waals surface area contributed by atoms with Crippen LogP contribution in [0.1, 0.15) is 25.8 Å². The molecule has 124 valence electrons. The fraction of sp³-hybridized carbons (Fsp3) is 0.462. The Morgan fingerprint density at radius 2 is 1.95 bits per heavy atom. The van der Waals surface area contributed by atoms with E-state index in [1.54, 1.807) is 6.92 Å². The van der Waals surface area contributed by atoms with Crippen molar-refractivity contribution in [2.45, 2.75) is 37.4 Å². The number of carboxylic acid groups (broad SMARTS) is 1. The third-order valence-corrected chi connectivity index (χ3v) is 4.67. The molecule has 0 aliphatic heterocycles. The molecule has 0 saturated carbocycles. The topological polar surface area (TPSA) is 83.5 Å². The predicted octanol–water partition coefficient (Wildman–Crippen LogP) is 2.48. The van der Waals surface area contributed by atoms with Crippen molar-refractivity contribution in [2.75, 3.05) is 0 Å². The lowest BCUT2D eigenvalue weighted by atomic mass is 10.0. The van der Waals surface area contributed by atoms with Crippen molar-refractivity contribution in [1.82, 2.24) is 4.72 Å². The molecule has 0 aliphatic carbocycles. The van der Waals surface area contributed by atoms with E-state index in [0.29, 0.717) is 12.5 Å². The minimum absolute atomic E-state index is 0.391. The molecule has 22 heavy (non-hydrogen) atoms. The van der Waals surface area contributed by atoms with Gasteiger partial charge in [-0.25, -0.2) is 8.42 Å².